The van der Waals surface area contributed by atoms with Crippen LogP contribution in [0.25, 0.3) is 0 Å². The van der Waals surface area contributed by atoms with Crippen molar-refractivity contribution in [3.05, 3.63) is 0 Å². The van der Waals surface area contributed by atoms with Gasteiger partial charge in [0.25, 0.3) is 0 Å². The van der Waals surface area contributed by atoms with Crippen molar-refractivity contribution in [1.29, 1.82) is 0 Å². The average molecular weight is 160 g/mol. The molecule has 0 aliphatic carbocycles. The van der Waals surface area contributed by atoms with Gasteiger partial charge in [0.1, 0.15) is 0 Å². The molecule has 0 amide bonds. The van der Waals surface area contributed by atoms with Crippen LogP contribution in [-0.2, 0) is 0 Å². The molecule has 0 aromatic heterocycles. The summed E-state index contributed by atoms with van der Waals surface area (Å²) >= 11 is 0. The van der Waals surface area contributed by atoms with Crippen LogP contribution in [0.3, 0.4) is 0 Å². The molecule has 0 saturated carbocycles. The number of rotatable bonds is 4. The number of aliphatic hydroxyl groups excluding tert-OH is 1. The minimum Gasteiger partial charge on any atom is -0.390 e. The first kappa shape index (κ1) is 10.9. The maximum Gasteiger partial charge on any atom is 0.0788 e. The Kier molecular flexibility index (Phi) is 4.65. The third-order valence-corrected chi connectivity index (χ3v) is 1.31. The van der Waals surface area contributed by atoms with E-state index in [9.17, 15) is 5.11 Å². The van der Waals surface area contributed by atoms with Gasteiger partial charge in [0.15, 0.2) is 0 Å². The Morgan fingerprint density at radius 1 is 1.27 bits per heavy atom. The fraction of sp³-hybridized carbons (Fsp3) is 1.00. The molecule has 3 heteroatoms. The van der Waals surface area contributed by atoms with Crippen LogP contribution < -0.4 is 10.6 Å². The minimum absolute atomic E-state index is 0.0920. The van der Waals surface area contributed by atoms with Crippen LogP contribution in [0, 0.1) is 0 Å². The summed E-state index contributed by atoms with van der Waals surface area (Å²) in [6.07, 6.45) is -0.292. The molecule has 0 heterocycles. The molecular formula is C8H20N2O. The Bertz CT molecular complexity index is 98.8. The summed E-state index contributed by atoms with van der Waals surface area (Å²) in [7, 11) is 1.83. The van der Waals surface area contributed by atoms with Gasteiger partial charge in [0, 0.05) is 18.6 Å². The normalized spacial score (nSPS) is 15.0. The molecule has 3 nitrogen and oxygen atoms in total. The maximum atomic E-state index is 9.29. The van der Waals surface area contributed by atoms with Crippen LogP contribution in [0.15, 0.2) is 0 Å². The van der Waals surface area contributed by atoms with E-state index in [-0.39, 0.29) is 11.6 Å². The number of likely N-dealkylation sites (N-methyl/N-ethyl adjacent to an activating group) is 1. The molecule has 0 fully saturated rings. The Balaban J connectivity index is 3.38. The largest absolute Gasteiger partial charge is 0.390 e. The molecule has 0 aromatic rings. The molecule has 0 aliphatic rings. The third-order valence-electron chi connectivity index (χ3n) is 1.31. The summed E-state index contributed by atoms with van der Waals surface area (Å²) in [6, 6.07) is 0. The summed E-state index contributed by atoms with van der Waals surface area (Å²) in [5.41, 5.74) is 0.0920. The first-order valence-corrected chi connectivity index (χ1v) is 4.03. The van der Waals surface area contributed by atoms with Crippen molar-refractivity contribution in [1.82, 2.24) is 10.6 Å². The first-order valence-electron chi connectivity index (χ1n) is 4.03. The van der Waals surface area contributed by atoms with Gasteiger partial charge in [-0.1, -0.05) is 0 Å². The summed E-state index contributed by atoms with van der Waals surface area (Å²) in [6.45, 7) is 7.53. The van der Waals surface area contributed by atoms with Crippen LogP contribution in [0.1, 0.15) is 20.8 Å². The standard InChI is InChI=1S/C8H20N2O/c1-8(2,3)10-6-7(11)5-9-4/h7,9-11H,5-6H2,1-4H3/t7-/m0/s1. The smallest absolute Gasteiger partial charge is 0.0788 e. The van der Waals surface area contributed by atoms with Gasteiger partial charge in [-0.25, -0.2) is 0 Å². The van der Waals surface area contributed by atoms with Crippen molar-refractivity contribution in [3.8, 4) is 0 Å². The van der Waals surface area contributed by atoms with E-state index in [1.807, 2.05) is 7.05 Å². The fourth-order valence-corrected chi connectivity index (χ4v) is 0.732. The molecule has 0 spiro atoms. The van der Waals surface area contributed by atoms with E-state index in [4.69, 9.17) is 0 Å². The quantitative estimate of drug-likeness (QED) is 0.540. The Morgan fingerprint density at radius 3 is 2.18 bits per heavy atom. The van der Waals surface area contributed by atoms with Crippen LogP contribution in [-0.4, -0.2) is 36.9 Å². The molecule has 0 rings (SSSR count). The number of hydrogen-bond donors (Lipinski definition) is 3. The molecule has 1 atom stereocenters. The van der Waals surface area contributed by atoms with Crippen molar-refractivity contribution >= 4 is 0 Å². The Labute approximate surface area is 69.2 Å². The predicted molar refractivity (Wildman–Crippen MR) is 47.7 cm³/mol. The number of hydrogen-bond acceptors (Lipinski definition) is 3. The third kappa shape index (κ3) is 7.78. The highest BCUT2D eigenvalue weighted by Crippen LogP contribution is 1.97. The van der Waals surface area contributed by atoms with Crippen molar-refractivity contribution in [2.75, 3.05) is 20.1 Å². The highest BCUT2D eigenvalue weighted by molar-refractivity contribution is 4.73. The van der Waals surface area contributed by atoms with E-state index in [1.165, 1.54) is 0 Å². The second-order valence-electron chi connectivity index (χ2n) is 3.84. The summed E-state index contributed by atoms with van der Waals surface area (Å²) < 4.78 is 0. The molecule has 0 aromatic carbocycles. The molecule has 3 N–H and O–H groups in total. The van der Waals surface area contributed by atoms with Gasteiger partial charge in [-0.2, -0.15) is 0 Å². The van der Waals surface area contributed by atoms with Gasteiger partial charge in [-0.05, 0) is 27.8 Å². The topological polar surface area (TPSA) is 44.3 Å². The van der Waals surface area contributed by atoms with Crippen LogP contribution in [0.2, 0.25) is 0 Å². The SMILES string of the molecule is CNC[C@H](O)CNC(C)(C)C. The zero-order valence-electron chi connectivity index (χ0n) is 7.94. The van der Waals surface area contributed by atoms with E-state index in [2.05, 4.69) is 31.4 Å². The van der Waals surface area contributed by atoms with Crippen LogP contribution in [0.4, 0.5) is 0 Å². The van der Waals surface area contributed by atoms with E-state index in [0.29, 0.717) is 13.1 Å². The van der Waals surface area contributed by atoms with Gasteiger partial charge in [-0.3, -0.25) is 0 Å². The monoisotopic (exact) mass is 160 g/mol. The maximum absolute atomic E-state index is 9.29. The highest BCUT2D eigenvalue weighted by Gasteiger charge is 2.10. The minimum atomic E-state index is -0.292. The molecule has 0 unspecified atom stereocenters. The summed E-state index contributed by atoms with van der Waals surface area (Å²) in [5.74, 6) is 0. The van der Waals surface area contributed by atoms with Crippen LogP contribution >= 0.6 is 0 Å². The first-order chi connectivity index (χ1) is 4.95. The number of aliphatic hydroxyl groups is 1. The molecule has 0 aliphatic heterocycles. The second-order valence-corrected chi connectivity index (χ2v) is 3.84. The zero-order valence-corrected chi connectivity index (χ0v) is 7.94. The molecule has 11 heavy (non-hydrogen) atoms. The highest BCUT2D eigenvalue weighted by atomic mass is 16.3. The zero-order chi connectivity index (χ0) is 8.91. The average Bonchev–Trinajstić information content (AvgIpc) is 1.83. The predicted octanol–water partition coefficient (Wildman–Crippen LogP) is -0.0452. The van der Waals surface area contributed by atoms with E-state index >= 15 is 0 Å². The molecule has 0 bridgehead atoms. The lowest BCUT2D eigenvalue weighted by molar-refractivity contribution is 0.160. The van der Waals surface area contributed by atoms with E-state index in [0.717, 1.165) is 0 Å². The van der Waals surface area contributed by atoms with Gasteiger partial charge in [0.2, 0.25) is 0 Å². The molecule has 0 saturated heterocycles. The lowest BCUT2D eigenvalue weighted by atomic mass is 10.1. The van der Waals surface area contributed by atoms with E-state index in [1.54, 1.807) is 0 Å². The second kappa shape index (κ2) is 4.70. The number of β-amino-alcohol motifs (C(OH)–C–C–N with tert-alkyl or cyclic N) is 1. The Morgan fingerprint density at radius 2 is 1.82 bits per heavy atom. The molecular weight excluding hydrogens is 140 g/mol. The van der Waals surface area contributed by atoms with Crippen molar-refractivity contribution in [2.24, 2.45) is 0 Å². The lowest BCUT2D eigenvalue weighted by Crippen LogP contribution is -2.43. The summed E-state index contributed by atoms with van der Waals surface area (Å²) in [5, 5.41) is 15.4. The lowest BCUT2D eigenvalue weighted by Gasteiger charge is -2.22. The van der Waals surface area contributed by atoms with Gasteiger partial charge in [0.05, 0.1) is 6.10 Å². The van der Waals surface area contributed by atoms with Gasteiger partial charge in [-0.15, -0.1) is 0 Å². The van der Waals surface area contributed by atoms with Crippen LogP contribution in [0.5, 0.6) is 0 Å². The van der Waals surface area contributed by atoms with Crippen molar-refractivity contribution in [2.45, 2.75) is 32.4 Å². The number of nitrogens with one attached hydrogen (secondary N) is 2. The van der Waals surface area contributed by atoms with Gasteiger partial charge >= 0.3 is 0 Å². The van der Waals surface area contributed by atoms with Crippen molar-refractivity contribution in [3.63, 3.8) is 0 Å². The van der Waals surface area contributed by atoms with Gasteiger partial charge < -0.3 is 15.7 Å². The molecule has 0 radical (unpaired) electrons. The molecule has 68 valence electrons. The Hall–Kier alpha value is -0.120. The summed E-state index contributed by atoms with van der Waals surface area (Å²) in [4.78, 5) is 0. The van der Waals surface area contributed by atoms with E-state index < -0.39 is 0 Å². The van der Waals surface area contributed by atoms with Crippen molar-refractivity contribution < 1.29 is 5.11 Å². The fourth-order valence-electron chi connectivity index (χ4n) is 0.732.